The van der Waals surface area contributed by atoms with Gasteiger partial charge in [0.15, 0.2) is 11.5 Å². The first kappa shape index (κ1) is 29.8. The van der Waals surface area contributed by atoms with Crippen LogP contribution in [0.4, 0.5) is 21.6 Å². The van der Waals surface area contributed by atoms with Gasteiger partial charge in [0.05, 0.1) is 30.6 Å². The Bertz CT molecular complexity index is 1910. The summed E-state index contributed by atoms with van der Waals surface area (Å²) in [5.74, 6) is 0.838. The van der Waals surface area contributed by atoms with E-state index < -0.39 is 11.7 Å². The van der Waals surface area contributed by atoms with Gasteiger partial charge in [-0.3, -0.25) is 9.69 Å². The Hall–Kier alpha value is -5.30. The number of amides is 1. The molecule has 0 saturated carbocycles. The number of hydrogen-bond acceptors (Lipinski definition) is 10. The number of fused-ring (bicyclic) bond motifs is 2. The first-order valence-corrected chi connectivity index (χ1v) is 14.6. The third kappa shape index (κ3) is 6.34. The second-order valence-corrected chi connectivity index (χ2v) is 10.7. The molecule has 13 heteroatoms. The van der Waals surface area contributed by atoms with E-state index in [0.29, 0.717) is 57.7 Å². The summed E-state index contributed by atoms with van der Waals surface area (Å²) in [6, 6.07) is 10.5. The summed E-state index contributed by atoms with van der Waals surface area (Å²) in [7, 11) is 3.39. The van der Waals surface area contributed by atoms with Crippen LogP contribution in [0.25, 0.3) is 16.6 Å². The molecule has 6 rings (SSSR count). The molecule has 2 N–H and O–H groups in total. The summed E-state index contributed by atoms with van der Waals surface area (Å²) in [4.78, 5) is 27.9. The molecule has 12 nitrogen and oxygen atoms in total. The van der Waals surface area contributed by atoms with E-state index in [1.807, 2.05) is 37.9 Å². The number of aryl methyl sites for hydroxylation is 1. The summed E-state index contributed by atoms with van der Waals surface area (Å²) in [6.45, 7) is 5.10. The summed E-state index contributed by atoms with van der Waals surface area (Å²) in [6.07, 6.45) is 7.81. The fraction of sp³-hybridized carbons (Fsp3) is 0.281. The number of benzene rings is 2. The van der Waals surface area contributed by atoms with E-state index in [9.17, 15) is 9.18 Å². The Kier molecular flexibility index (Phi) is 8.43. The van der Waals surface area contributed by atoms with E-state index in [1.54, 1.807) is 35.0 Å². The summed E-state index contributed by atoms with van der Waals surface area (Å²) < 4.78 is 34.2. The van der Waals surface area contributed by atoms with Crippen molar-refractivity contribution in [3.05, 3.63) is 72.7 Å². The average molecular weight is 613 g/mol. The van der Waals surface area contributed by atoms with Crippen LogP contribution >= 0.6 is 0 Å². The fourth-order valence-electron chi connectivity index (χ4n) is 5.29. The number of rotatable bonds is 10. The number of pyridine rings is 1. The smallest absolute Gasteiger partial charge is 0.284 e. The maximum absolute atomic E-state index is 14.9. The SMILES string of the molecule is CCOc1cc(Oc2ccn3ncnc3c2)c(C)cc1Nc1ncnc2cc(OC)c(NC(=O)/C(F)=C\[C@H]3CCCN3C)cc12. The number of nitrogens with one attached hydrogen (secondary N) is 2. The number of hydrogen-bond donors (Lipinski definition) is 2. The average Bonchev–Trinajstić information content (AvgIpc) is 3.67. The van der Waals surface area contributed by atoms with Crippen LogP contribution in [0.3, 0.4) is 0 Å². The number of nitrogens with zero attached hydrogens (tertiary/aromatic N) is 6. The van der Waals surface area contributed by atoms with Crippen molar-refractivity contribution in [3.8, 4) is 23.0 Å². The molecular weight excluding hydrogens is 579 g/mol. The maximum Gasteiger partial charge on any atom is 0.284 e. The molecule has 0 aliphatic carbocycles. The van der Waals surface area contributed by atoms with Crippen LogP contribution in [0.1, 0.15) is 25.3 Å². The first-order chi connectivity index (χ1) is 21.8. The van der Waals surface area contributed by atoms with Gasteiger partial charge in [-0.05, 0) is 70.1 Å². The largest absolute Gasteiger partial charge is 0.494 e. The Morgan fingerprint density at radius 2 is 1.96 bits per heavy atom. The van der Waals surface area contributed by atoms with Gasteiger partial charge in [-0.1, -0.05) is 0 Å². The number of halogens is 1. The Labute approximate surface area is 258 Å². The minimum absolute atomic E-state index is 0.115. The highest BCUT2D eigenvalue weighted by atomic mass is 19.1. The van der Waals surface area contributed by atoms with Crippen molar-refractivity contribution in [2.45, 2.75) is 32.7 Å². The van der Waals surface area contributed by atoms with E-state index in [-0.39, 0.29) is 11.7 Å². The molecule has 1 amide bonds. The minimum Gasteiger partial charge on any atom is -0.494 e. The van der Waals surface area contributed by atoms with E-state index in [4.69, 9.17) is 14.2 Å². The van der Waals surface area contributed by atoms with E-state index in [1.165, 1.54) is 25.8 Å². The zero-order valence-corrected chi connectivity index (χ0v) is 25.4. The molecule has 45 heavy (non-hydrogen) atoms. The molecule has 1 aliphatic heterocycles. The van der Waals surface area contributed by atoms with Crippen molar-refractivity contribution in [2.24, 2.45) is 0 Å². The number of aromatic nitrogens is 5. The molecule has 1 fully saturated rings. The van der Waals surface area contributed by atoms with Crippen LogP contribution in [0, 0.1) is 6.92 Å². The molecule has 0 radical (unpaired) electrons. The quantitative estimate of drug-likeness (QED) is 0.187. The molecule has 1 aliphatic rings. The van der Waals surface area contributed by atoms with Gasteiger partial charge in [0, 0.05) is 35.8 Å². The molecular formula is C32H33FN8O4. The number of methoxy groups -OCH3 is 1. The van der Waals surface area contributed by atoms with Crippen molar-refractivity contribution in [1.29, 1.82) is 0 Å². The van der Waals surface area contributed by atoms with Crippen molar-refractivity contribution >= 4 is 39.6 Å². The summed E-state index contributed by atoms with van der Waals surface area (Å²) in [5, 5.41) is 10.7. The van der Waals surface area contributed by atoms with Crippen LogP contribution < -0.4 is 24.8 Å². The van der Waals surface area contributed by atoms with Crippen molar-refractivity contribution in [2.75, 3.05) is 37.9 Å². The molecule has 0 spiro atoms. The Morgan fingerprint density at radius 3 is 2.73 bits per heavy atom. The number of likely N-dealkylation sites (N-methyl/N-ethyl adjacent to an activating group) is 1. The zero-order valence-electron chi connectivity index (χ0n) is 25.4. The van der Waals surface area contributed by atoms with Gasteiger partial charge in [0.2, 0.25) is 0 Å². The monoisotopic (exact) mass is 612 g/mol. The van der Waals surface area contributed by atoms with Gasteiger partial charge in [-0.15, -0.1) is 0 Å². The van der Waals surface area contributed by atoms with E-state index >= 15 is 0 Å². The minimum atomic E-state index is -0.854. The van der Waals surface area contributed by atoms with Gasteiger partial charge in [0.1, 0.15) is 41.5 Å². The predicted molar refractivity (Wildman–Crippen MR) is 168 cm³/mol. The lowest BCUT2D eigenvalue weighted by atomic mass is 10.1. The molecule has 1 atom stereocenters. The molecule has 232 valence electrons. The molecule has 1 saturated heterocycles. The number of ether oxygens (including phenoxy) is 3. The zero-order chi connectivity index (χ0) is 31.5. The van der Waals surface area contributed by atoms with Gasteiger partial charge >= 0.3 is 0 Å². The second-order valence-electron chi connectivity index (χ2n) is 10.7. The van der Waals surface area contributed by atoms with Crippen LogP contribution in [-0.4, -0.2) is 68.7 Å². The molecule has 3 aromatic heterocycles. The van der Waals surface area contributed by atoms with Gasteiger partial charge < -0.3 is 24.8 Å². The molecule has 0 unspecified atom stereocenters. The highest BCUT2D eigenvalue weighted by Crippen LogP contribution is 2.39. The number of likely N-dealkylation sites (tertiary alicyclic amines) is 1. The van der Waals surface area contributed by atoms with E-state index in [0.717, 1.165) is 24.9 Å². The van der Waals surface area contributed by atoms with Gasteiger partial charge in [-0.2, -0.15) is 5.10 Å². The van der Waals surface area contributed by atoms with Crippen LogP contribution in [-0.2, 0) is 4.79 Å². The third-order valence-corrected chi connectivity index (χ3v) is 7.65. The second kappa shape index (κ2) is 12.7. The molecule has 0 bridgehead atoms. The lowest BCUT2D eigenvalue weighted by Gasteiger charge is -2.18. The Morgan fingerprint density at radius 1 is 1.09 bits per heavy atom. The summed E-state index contributed by atoms with van der Waals surface area (Å²) >= 11 is 0. The fourth-order valence-corrected chi connectivity index (χ4v) is 5.29. The van der Waals surface area contributed by atoms with Gasteiger partial charge in [-0.25, -0.2) is 23.9 Å². The van der Waals surface area contributed by atoms with Crippen LogP contribution in [0.2, 0.25) is 0 Å². The van der Waals surface area contributed by atoms with Crippen molar-refractivity contribution in [1.82, 2.24) is 29.5 Å². The van der Waals surface area contributed by atoms with Crippen LogP contribution in [0.15, 0.2) is 67.2 Å². The normalized spacial score (nSPS) is 15.4. The number of carbonyl (C=O) groups is 1. The number of carbonyl (C=O) groups excluding carboxylic acids is 1. The molecule has 4 heterocycles. The van der Waals surface area contributed by atoms with Gasteiger partial charge in [0.25, 0.3) is 5.91 Å². The molecule has 5 aromatic rings. The standard InChI is InChI=1S/C32H33FN8O4/c1-5-44-29-16-27(45-21-8-10-41-30(13-21)35-18-37-41)19(2)11-25(29)38-31-22-14-26(28(43-4)15-24(22)34-17-36-31)39-32(42)23(33)12-20-7-6-9-40(20)3/h8,10-18,20H,5-7,9H2,1-4H3,(H,39,42)(H,34,36,38)/b23-12+/t20-/m1/s1. The van der Waals surface area contributed by atoms with Crippen molar-refractivity contribution in [3.63, 3.8) is 0 Å². The summed E-state index contributed by atoms with van der Waals surface area (Å²) in [5.41, 5.74) is 2.99. The Balaban J connectivity index is 1.30. The van der Waals surface area contributed by atoms with Crippen LogP contribution in [0.5, 0.6) is 23.0 Å². The lowest BCUT2D eigenvalue weighted by Crippen LogP contribution is -2.24. The maximum atomic E-state index is 14.9. The predicted octanol–water partition coefficient (Wildman–Crippen LogP) is 5.81. The van der Waals surface area contributed by atoms with E-state index in [2.05, 4.69) is 30.7 Å². The third-order valence-electron chi connectivity index (χ3n) is 7.65. The first-order valence-electron chi connectivity index (χ1n) is 14.6. The number of anilines is 3. The van der Waals surface area contributed by atoms with Crippen molar-refractivity contribution < 1.29 is 23.4 Å². The highest BCUT2D eigenvalue weighted by molar-refractivity contribution is 6.05. The lowest BCUT2D eigenvalue weighted by molar-refractivity contribution is -0.114. The molecule has 2 aromatic carbocycles. The topological polar surface area (TPSA) is 128 Å². The highest BCUT2D eigenvalue weighted by Gasteiger charge is 2.22.